The van der Waals surface area contributed by atoms with Gasteiger partial charge >= 0.3 is 0 Å². The van der Waals surface area contributed by atoms with Crippen molar-refractivity contribution in [2.45, 2.75) is 69.5 Å². The molecule has 4 aliphatic rings. The zero-order valence-electron chi connectivity index (χ0n) is 33.8. The van der Waals surface area contributed by atoms with Crippen LogP contribution in [0.3, 0.4) is 0 Å². The van der Waals surface area contributed by atoms with Crippen LogP contribution in [0.5, 0.6) is 0 Å². The summed E-state index contributed by atoms with van der Waals surface area (Å²) >= 11 is 0. The van der Waals surface area contributed by atoms with Crippen molar-refractivity contribution in [2.75, 3.05) is 27.2 Å². The average Bonchev–Trinajstić information content (AvgIpc) is 3.65. The van der Waals surface area contributed by atoms with Crippen molar-refractivity contribution in [3.63, 3.8) is 0 Å². The Morgan fingerprint density at radius 1 is 1.02 bits per heavy atom. The Labute approximate surface area is 352 Å². The summed E-state index contributed by atoms with van der Waals surface area (Å²) in [6, 6.07) is 10.5. The molecule has 0 bridgehead atoms. The van der Waals surface area contributed by atoms with Gasteiger partial charge in [0, 0.05) is 79.6 Å². The zero-order valence-corrected chi connectivity index (χ0v) is 33.8. The van der Waals surface area contributed by atoms with Gasteiger partial charge in [0.1, 0.15) is 12.2 Å². The van der Waals surface area contributed by atoms with Gasteiger partial charge in [-0.1, -0.05) is 23.8 Å². The van der Waals surface area contributed by atoms with Gasteiger partial charge in [-0.25, -0.2) is 23.1 Å². The standard InChI is InChI=1S/C20H23N5O3.C17H13F2N3O.C5H9NO2.C2H2/c1-24(13-26)11-9-15(27)7-6-14-8-10-22-18(12-14)25-17-5-3-2-4-16(17)19(23-25)20(21)28;1-2-9-4-3-5-10(6-9)22-14-8-13-12(17(13,18)19)7-11(14)15(21-22)16(20)23;1-6-3-2-4(7)5(6)8;1-2/h8,10,12-13,15,27H,2-5,9,11H2,1H3,(H2,21,28);1,3-6,12-13H,7-8H2,(H2,20,23);4,7H,2-3H2,1H3;1-2H/t15-;12?,13-;4-;/m010./s1. The highest BCUT2D eigenvalue weighted by atomic mass is 19.3. The molecule has 2 fully saturated rings. The maximum Gasteiger partial charge on any atom is 0.269 e. The minimum atomic E-state index is -2.67. The maximum absolute atomic E-state index is 13.8. The number of alkyl halides is 2. The number of nitrogens with zero attached hydrogens (tertiary/aromatic N) is 7. The number of carbonyl (C=O) groups excluding carboxylic acids is 4. The molecule has 4 amide bonds. The third-order valence-corrected chi connectivity index (χ3v) is 10.9. The first-order valence-electron chi connectivity index (χ1n) is 19.5. The van der Waals surface area contributed by atoms with E-state index in [1.54, 1.807) is 61.4 Å². The van der Waals surface area contributed by atoms with E-state index in [0.717, 1.165) is 36.9 Å². The monoisotopic (exact) mass is 835 g/mol. The molecule has 3 aromatic heterocycles. The molecule has 4 heterocycles. The number of rotatable bonds is 8. The van der Waals surface area contributed by atoms with Crippen molar-refractivity contribution in [3.05, 3.63) is 87.6 Å². The molecule has 4 aromatic rings. The number of pyridine rings is 1. The van der Waals surface area contributed by atoms with Crippen LogP contribution < -0.4 is 11.5 Å². The molecule has 6 N–H and O–H groups in total. The lowest BCUT2D eigenvalue weighted by molar-refractivity contribution is -0.133. The van der Waals surface area contributed by atoms with Crippen LogP contribution >= 0.6 is 0 Å². The summed E-state index contributed by atoms with van der Waals surface area (Å²) in [5, 5.41) is 27.4. The van der Waals surface area contributed by atoms with Crippen molar-refractivity contribution >= 4 is 24.1 Å². The highest BCUT2D eigenvalue weighted by molar-refractivity contribution is 5.93. The second-order valence-electron chi connectivity index (χ2n) is 14.9. The van der Waals surface area contributed by atoms with Gasteiger partial charge in [0.2, 0.25) is 6.41 Å². The van der Waals surface area contributed by atoms with Crippen LogP contribution in [0.1, 0.15) is 80.3 Å². The van der Waals surface area contributed by atoms with Gasteiger partial charge in [0.05, 0.1) is 11.4 Å². The molecule has 3 aliphatic carbocycles. The molecular weight excluding hydrogens is 789 g/mol. The maximum atomic E-state index is 13.8. The predicted molar refractivity (Wildman–Crippen MR) is 220 cm³/mol. The lowest BCUT2D eigenvalue weighted by Gasteiger charge is -2.13. The van der Waals surface area contributed by atoms with Crippen LogP contribution in [0.25, 0.3) is 11.5 Å². The fourth-order valence-electron chi connectivity index (χ4n) is 7.51. The van der Waals surface area contributed by atoms with Crippen LogP contribution in [0.4, 0.5) is 8.78 Å². The Kier molecular flexibility index (Phi) is 14.4. The van der Waals surface area contributed by atoms with Crippen LogP contribution in [0.2, 0.25) is 0 Å². The second-order valence-corrected chi connectivity index (χ2v) is 14.9. The van der Waals surface area contributed by atoms with E-state index in [-0.39, 0.29) is 24.4 Å². The Bertz CT molecular complexity index is 2410. The Hall–Kier alpha value is -6.87. The number of hydrogen-bond acceptors (Lipinski definition) is 9. The first-order valence-corrected chi connectivity index (χ1v) is 19.5. The minimum Gasteiger partial charge on any atom is -0.383 e. The summed E-state index contributed by atoms with van der Waals surface area (Å²) in [5.41, 5.74) is 16.3. The SMILES string of the molecule is C#C.C#Cc1cccc(-n2nc(C(N)=O)c3c2C[C@@H]2C(C3)C2(F)F)c1.CN(C=O)CC[C@@H](O)C#Cc1ccnc(-n2nc(C(N)=O)c3c2CCCC3)c1.CN1CC[C@H](O)C1=O. The molecule has 0 spiro atoms. The molecule has 17 heteroatoms. The number of likely N-dealkylation sites (N-methyl/N-ethyl adjacent to an activating group) is 1. The number of amides is 4. The van der Waals surface area contributed by atoms with Gasteiger partial charge in [-0.3, -0.25) is 19.2 Å². The van der Waals surface area contributed by atoms with Crippen LogP contribution in [0, 0.1) is 48.9 Å². The van der Waals surface area contributed by atoms with Gasteiger partial charge in [-0.2, -0.15) is 10.2 Å². The Morgan fingerprint density at radius 2 is 1.69 bits per heavy atom. The Balaban J connectivity index is 0.000000191. The molecule has 1 aliphatic heterocycles. The third-order valence-electron chi connectivity index (χ3n) is 10.9. The van der Waals surface area contributed by atoms with E-state index in [2.05, 4.69) is 45.8 Å². The zero-order chi connectivity index (χ0) is 44.6. The van der Waals surface area contributed by atoms with E-state index in [1.807, 2.05) is 0 Å². The van der Waals surface area contributed by atoms with E-state index >= 15 is 0 Å². The molecule has 1 unspecified atom stereocenters. The smallest absolute Gasteiger partial charge is 0.269 e. The number of benzene rings is 1. The van der Waals surface area contributed by atoms with Gasteiger partial charge < -0.3 is 31.5 Å². The number of primary amides is 2. The van der Waals surface area contributed by atoms with Gasteiger partial charge in [0.25, 0.3) is 23.6 Å². The molecule has 8 rings (SSSR count). The van der Waals surface area contributed by atoms with E-state index in [1.165, 1.54) is 14.5 Å². The number of aliphatic hydroxyl groups excluding tert-OH is 2. The fourth-order valence-corrected chi connectivity index (χ4v) is 7.51. The third kappa shape index (κ3) is 10.1. The topological polar surface area (TPSA) is 216 Å². The summed E-state index contributed by atoms with van der Waals surface area (Å²) in [7, 11) is 3.34. The lowest BCUT2D eigenvalue weighted by Crippen LogP contribution is -2.24. The molecule has 1 saturated carbocycles. The van der Waals surface area contributed by atoms with Crippen LogP contribution in [-0.2, 0) is 35.3 Å². The lowest BCUT2D eigenvalue weighted by atomic mass is 9.95. The number of nitrogens with two attached hydrogens (primary N) is 2. The van der Waals surface area contributed by atoms with Crippen molar-refractivity contribution in [2.24, 2.45) is 23.3 Å². The number of carbonyl (C=O) groups is 4. The fraction of sp³-hybridized carbons (Fsp3) is 0.386. The van der Waals surface area contributed by atoms with Crippen molar-refractivity contribution in [1.29, 1.82) is 0 Å². The molecule has 4 atom stereocenters. The highest BCUT2D eigenvalue weighted by Gasteiger charge is 2.69. The summed E-state index contributed by atoms with van der Waals surface area (Å²) in [6.45, 7) is 1.12. The number of hydrogen-bond donors (Lipinski definition) is 4. The first-order chi connectivity index (χ1) is 29.1. The van der Waals surface area contributed by atoms with Gasteiger partial charge in [0.15, 0.2) is 17.2 Å². The van der Waals surface area contributed by atoms with E-state index in [4.69, 9.17) is 23.0 Å². The van der Waals surface area contributed by atoms with Crippen LogP contribution in [0.15, 0.2) is 42.6 Å². The second kappa shape index (κ2) is 19.5. The molecular formula is C44H47F2N9O6. The molecule has 61 heavy (non-hydrogen) atoms. The number of aliphatic hydroxyl groups is 2. The predicted octanol–water partition coefficient (Wildman–Crippen LogP) is 1.83. The number of fused-ring (bicyclic) bond motifs is 3. The number of halogens is 2. The normalized spacial score (nSPS) is 19.1. The highest BCUT2D eigenvalue weighted by Crippen LogP contribution is 2.61. The quantitative estimate of drug-likeness (QED) is 0.150. The van der Waals surface area contributed by atoms with E-state index in [9.17, 15) is 33.1 Å². The largest absolute Gasteiger partial charge is 0.383 e. The first kappa shape index (κ1) is 45.2. The summed E-state index contributed by atoms with van der Waals surface area (Å²) in [5.74, 6) is 3.36. The molecule has 15 nitrogen and oxygen atoms in total. The molecule has 1 saturated heterocycles. The van der Waals surface area contributed by atoms with Crippen LogP contribution in [-0.4, -0.2) is 114 Å². The van der Waals surface area contributed by atoms with E-state index < -0.39 is 41.8 Å². The molecule has 1 aromatic carbocycles. The van der Waals surface area contributed by atoms with Crippen molar-refractivity contribution in [3.8, 4) is 48.5 Å². The van der Waals surface area contributed by atoms with Crippen molar-refractivity contribution < 1.29 is 38.2 Å². The van der Waals surface area contributed by atoms with Crippen molar-refractivity contribution in [1.82, 2.24) is 34.3 Å². The van der Waals surface area contributed by atoms with Gasteiger partial charge in [-0.15, -0.1) is 19.3 Å². The number of aromatic nitrogens is 5. The van der Waals surface area contributed by atoms with E-state index in [0.29, 0.717) is 71.9 Å². The number of terminal acetylenes is 2. The number of likely N-dealkylation sites (tertiary alicyclic amines) is 1. The Morgan fingerprint density at radius 3 is 2.31 bits per heavy atom. The minimum absolute atomic E-state index is 0.0762. The average molecular weight is 836 g/mol. The molecule has 318 valence electrons. The summed E-state index contributed by atoms with van der Waals surface area (Å²) in [6.07, 6.45) is 19.1. The molecule has 0 radical (unpaired) electrons. The summed E-state index contributed by atoms with van der Waals surface area (Å²) in [4.78, 5) is 51.9. The van der Waals surface area contributed by atoms with Gasteiger partial charge in [-0.05, 0) is 75.3 Å². The summed E-state index contributed by atoms with van der Waals surface area (Å²) < 4.78 is 30.7.